The van der Waals surface area contributed by atoms with Gasteiger partial charge in [0.1, 0.15) is 0 Å². The van der Waals surface area contributed by atoms with Crippen LogP contribution in [0.25, 0.3) is 0 Å². The maximum atomic E-state index is 13.0. The van der Waals surface area contributed by atoms with E-state index in [1.165, 1.54) is 0 Å². The number of benzene rings is 2. The fourth-order valence-electron chi connectivity index (χ4n) is 1.80. The van der Waals surface area contributed by atoms with E-state index >= 15 is 0 Å². The lowest BCUT2D eigenvalue weighted by atomic mass is 9.99. The van der Waals surface area contributed by atoms with E-state index in [9.17, 15) is 13.2 Å². The maximum absolute atomic E-state index is 13.0. The second-order valence-corrected chi connectivity index (χ2v) is 4.09. The van der Waals surface area contributed by atoms with Crippen molar-refractivity contribution in [1.29, 1.82) is 0 Å². The van der Waals surface area contributed by atoms with Gasteiger partial charge in [-0.05, 0) is 29.7 Å². The minimum atomic E-state index is -1.45. The summed E-state index contributed by atoms with van der Waals surface area (Å²) in [6.07, 6.45) is 0.248. The van der Waals surface area contributed by atoms with E-state index in [2.05, 4.69) is 0 Å². The van der Waals surface area contributed by atoms with E-state index < -0.39 is 17.5 Å². The number of hydrogen-bond acceptors (Lipinski definition) is 1. The first-order chi connectivity index (χ1) is 8.58. The summed E-state index contributed by atoms with van der Waals surface area (Å²) in [5.74, 6) is -3.83. The van der Waals surface area contributed by atoms with Gasteiger partial charge in [-0.1, -0.05) is 30.3 Å². The van der Waals surface area contributed by atoms with Crippen LogP contribution in [0.2, 0.25) is 0 Å². The zero-order valence-electron chi connectivity index (χ0n) is 9.54. The number of hydrogen-bond donors (Lipinski definition) is 1. The van der Waals surface area contributed by atoms with Crippen LogP contribution in [-0.4, -0.2) is 0 Å². The van der Waals surface area contributed by atoms with Crippen molar-refractivity contribution in [3.63, 3.8) is 0 Å². The molecule has 0 saturated carbocycles. The molecule has 0 heterocycles. The smallest absolute Gasteiger partial charge is 0.194 e. The van der Waals surface area contributed by atoms with Crippen LogP contribution >= 0.6 is 0 Å². The summed E-state index contributed by atoms with van der Waals surface area (Å²) in [4.78, 5) is 0. The molecular formula is C14H12F3N. The van der Waals surface area contributed by atoms with Gasteiger partial charge >= 0.3 is 0 Å². The van der Waals surface area contributed by atoms with Gasteiger partial charge in [-0.15, -0.1) is 0 Å². The summed E-state index contributed by atoms with van der Waals surface area (Å²) in [6, 6.07) is 10.8. The summed E-state index contributed by atoms with van der Waals surface area (Å²) >= 11 is 0. The molecule has 0 radical (unpaired) electrons. The molecule has 94 valence electrons. The molecule has 1 unspecified atom stereocenters. The fraction of sp³-hybridized carbons (Fsp3) is 0.143. The van der Waals surface area contributed by atoms with E-state index in [1.807, 2.05) is 30.3 Å². The molecule has 0 amide bonds. The predicted octanol–water partition coefficient (Wildman–Crippen LogP) is 3.35. The zero-order chi connectivity index (χ0) is 13.1. The first kappa shape index (κ1) is 12.6. The first-order valence-electron chi connectivity index (χ1n) is 5.52. The molecule has 0 aromatic heterocycles. The Hall–Kier alpha value is -1.81. The van der Waals surface area contributed by atoms with E-state index in [0.29, 0.717) is 5.56 Å². The Morgan fingerprint density at radius 2 is 1.50 bits per heavy atom. The second-order valence-electron chi connectivity index (χ2n) is 4.09. The molecule has 0 spiro atoms. The van der Waals surface area contributed by atoms with Crippen LogP contribution in [-0.2, 0) is 6.42 Å². The third-order valence-corrected chi connectivity index (χ3v) is 2.73. The van der Waals surface area contributed by atoms with Gasteiger partial charge in [0, 0.05) is 6.04 Å². The SMILES string of the molecule is NC(Cc1cc(F)c(F)c(F)c1)c1ccccc1. The Bertz CT molecular complexity index is 517. The average molecular weight is 251 g/mol. The molecule has 2 rings (SSSR count). The molecule has 4 heteroatoms. The molecule has 0 fully saturated rings. The average Bonchev–Trinajstić information content (AvgIpc) is 2.37. The Morgan fingerprint density at radius 1 is 0.944 bits per heavy atom. The van der Waals surface area contributed by atoms with E-state index in [0.717, 1.165) is 17.7 Å². The number of halogens is 3. The molecule has 0 bridgehead atoms. The van der Waals surface area contributed by atoms with Crippen LogP contribution in [0, 0.1) is 17.5 Å². The van der Waals surface area contributed by atoms with Gasteiger partial charge in [-0.25, -0.2) is 13.2 Å². The molecule has 0 aliphatic heterocycles. The van der Waals surface area contributed by atoms with Crippen molar-refractivity contribution in [3.8, 4) is 0 Å². The Balaban J connectivity index is 2.20. The molecular weight excluding hydrogens is 239 g/mol. The molecule has 2 aromatic carbocycles. The Labute approximate surface area is 103 Å². The molecule has 1 atom stereocenters. The lowest BCUT2D eigenvalue weighted by molar-refractivity contribution is 0.444. The van der Waals surface area contributed by atoms with Gasteiger partial charge in [-0.3, -0.25) is 0 Å². The normalized spacial score (nSPS) is 12.4. The van der Waals surface area contributed by atoms with E-state index in [1.54, 1.807) is 0 Å². The van der Waals surface area contributed by atoms with Crippen LogP contribution in [0.3, 0.4) is 0 Å². The molecule has 1 nitrogen and oxygen atoms in total. The molecule has 0 aliphatic carbocycles. The highest BCUT2D eigenvalue weighted by atomic mass is 19.2. The largest absolute Gasteiger partial charge is 0.324 e. The predicted molar refractivity (Wildman–Crippen MR) is 63.4 cm³/mol. The van der Waals surface area contributed by atoms with Crippen LogP contribution < -0.4 is 5.73 Å². The van der Waals surface area contributed by atoms with Crippen molar-refractivity contribution in [2.24, 2.45) is 5.73 Å². The highest BCUT2D eigenvalue weighted by Crippen LogP contribution is 2.19. The van der Waals surface area contributed by atoms with Crippen molar-refractivity contribution in [2.75, 3.05) is 0 Å². The van der Waals surface area contributed by atoms with Crippen LogP contribution in [0.1, 0.15) is 17.2 Å². The molecule has 0 saturated heterocycles. The van der Waals surface area contributed by atoms with Crippen LogP contribution in [0.15, 0.2) is 42.5 Å². The standard InChI is InChI=1S/C14H12F3N/c15-11-6-9(7-12(16)14(11)17)8-13(18)10-4-2-1-3-5-10/h1-7,13H,8,18H2. The van der Waals surface area contributed by atoms with Crippen molar-refractivity contribution >= 4 is 0 Å². The minimum Gasteiger partial charge on any atom is -0.324 e. The summed E-state index contributed by atoms with van der Waals surface area (Å²) in [5.41, 5.74) is 7.13. The van der Waals surface area contributed by atoms with Gasteiger partial charge in [0.25, 0.3) is 0 Å². The third-order valence-electron chi connectivity index (χ3n) is 2.73. The van der Waals surface area contributed by atoms with Crippen molar-refractivity contribution in [1.82, 2.24) is 0 Å². The second kappa shape index (κ2) is 5.23. The summed E-state index contributed by atoms with van der Waals surface area (Å²) in [7, 11) is 0. The minimum absolute atomic E-state index is 0.248. The molecule has 18 heavy (non-hydrogen) atoms. The first-order valence-corrected chi connectivity index (χ1v) is 5.52. The van der Waals surface area contributed by atoms with Gasteiger partial charge in [0.2, 0.25) is 0 Å². The van der Waals surface area contributed by atoms with Crippen molar-refractivity contribution in [3.05, 3.63) is 71.0 Å². The van der Waals surface area contributed by atoms with E-state index in [-0.39, 0.29) is 12.5 Å². The highest BCUT2D eigenvalue weighted by molar-refractivity contribution is 5.25. The summed E-state index contributed by atoms with van der Waals surface area (Å²) in [6.45, 7) is 0. The Morgan fingerprint density at radius 3 is 2.06 bits per heavy atom. The van der Waals surface area contributed by atoms with Crippen LogP contribution in [0.4, 0.5) is 13.2 Å². The van der Waals surface area contributed by atoms with Crippen molar-refractivity contribution < 1.29 is 13.2 Å². The molecule has 0 aliphatic rings. The van der Waals surface area contributed by atoms with Gasteiger partial charge < -0.3 is 5.73 Å². The maximum Gasteiger partial charge on any atom is 0.194 e. The topological polar surface area (TPSA) is 26.0 Å². The number of rotatable bonds is 3. The van der Waals surface area contributed by atoms with Crippen molar-refractivity contribution in [2.45, 2.75) is 12.5 Å². The Kier molecular flexibility index (Phi) is 3.67. The lowest BCUT2D eigenvalue weighted by Crippen LogP contribution is -2.13. The van der Waals surface area contributed by atoms with E-state index in [4.69, 9.17) is 5.73 Å². The van der Waals surface area contributed by atoms with Gasteiger partial charge in [0.05, 0.1) is 0 Å². The lowest BCUT2D eigenvalue weighted by Gasteiger charge is -2.12. The summed E-state index contributed by atoms with van der Waals surface area (Å²) in [5, 5.41) is 0. The zero-order valence-corrected chi connectivity index (χ0v) is 9.54. The summed E-state index contributed by atoms with van der Waals surface area (Å²) < 4.78 is 38.9. The number of nitrogens with two attached hydrogens (primary N) is 1. The fourth-order valence-corrected chi connectivity index (χ4v) is 1.80. The molecule has 2 aromatic rings. The van der Waals surface area contributed by atoms with Gasteiger partial charge in [-0.2, -0.15) is 0 Å². The van der Waals surface area contributed by atoms with Gasteiger partial charge in [0.15, 0.2) is 17.5 Å². The third kappa shape index (κ3) is 2.71. The highest BCUT2D eigenvalue weighted by Gasteiger charge is 2.13. The molecule has 2 N–H and O–H groups in total. The van der Waals surface area contributed by atoms with Crippen LogP contribution in [0.5, 0.6) is 0 Å². The quantitative estimate of drug-likeness (QED) is 0.832. The monoisotopic (exact) mass is 251 g/mol.